The van der Waals surface area contributed by atoms with E-state index in [2.05, 4.69) is 252 Å². The van der Waals surface area contributed by atoms with Gasteiger partial charge in [-0.15, -0.1) is 0 Å². The van der Waals surface area contributed by atoms with E-state index in [0.717, 1.165) is 0 Å². The molecule has 0 saturated heterocycles. The van der Waals surface area contributed by atoms with Crippen molar-refractivity contribution in [3.8, 4) is 33.4 Å². The zero-order valence-corrected chi connectivity index (χ0v) is 40.9. The van der Waals surface area contributed by atoms with Crippen LogP contribution in [0.3, 0.4) is 0 Å². The van der Waals surface area contributed by atoms with Gasteiger partial charge in [-0.1, -0.05) is 262 Å². The third kappa shape index (κ3) is 6.77. The molecule has 0 aliphatic carbocycles. The molecule has 2 aliphatic rings. The Balaban J connectivity index is 1.03. The lowest BCUT2D eigenvalue weighted by Gasteiger charge is -2.36. The summed E-state index contributed by atoms with van der Waals surface area (Å²) >= 11 is 3.92. The van der Waals surface area contributed by atoms with Crippen LogP contribution in [-0.4, -0.2) is 6.71 Å². The average Bonchev–Trinajstić information content (AvgIpc) is 3.40. The van der Waals surface area contributed by atoms with E-state index in [1.165, 1.54) is 124 Å². The molecule has 69 heavy (non-hydrogen) atoms. The quantitative estimate of drug-likeness (QED) is 0.115. The van der Waals surface area contributed by atoms with Gasteiger partial charge in [-0.05, 0) is 118 Å². The second kappa shape index (κ2) is 16.3. The monoisotopic (exact) mass is 916 g/mol. The third-order valence-electron chi connectivity index (χ3n) is 15.4. The third-order valence-corrected chi connectivity index (χ3v) is 17.7. The van der Waals surface area contributed by atoms with Crippen LogP contribution in [0, 0.1) is 0 Å². The topological polar surface area (TPSA) is 0 Å². The highest BCUT2D eigenvalue weighted by atomic mass is 32.2. The largest absolute Gasteiger partial charge is 0.247 e. The molecule has 0 nitrogen and oxygen atoms in total. The number of hydrogen-bond acceptors (Lipinski definition) is 2. The maximum absolute atomic E-state index is 2.53. The summed E-state index contributed by atoms with van der Waals surface area (Å²) in [6.45, 7) is 9.59. The fraction of sp³-hybridized carbons (Fsp3) is 0.0909. The first-order valence-electron chi connectivity index (χ1n) is 24.2. The molecule has 13 rings (SSSR count). The summed E-state index contributed by atoms with van der Waals surface area (Å²) in [6.07, 6.45) is 0. The van der Waals surface area contributed by atoms with E-state index >= 15 is 0 Å². The SMILES string of the molecule is CC(C)(c1ccccc1)c1ccc2c(c1)Sc1cc(-c3c4ccccc4c(-c4ccc(-c5ccccc5)c5ccccc45)c4ccccc34)cc3c1B2c1ccc(C(C)(C)c2ccccc2)cc1S3. The Kier molecular flexibility index (Phi) is 9.95. The molecule has 0 N–H and O–H groups in total. The van der Waals surface area contributed by atoms with E-state index in [4.69, 9.17) is 0 Å². The number of fused-ring (bicyclic) bond motifs is 7. The number of hydrogen-bond donors (Lipinski definition) is 0. The Bertz CT molecular complexity index is 3650. The smallest absolute Gasteiger partial charge is 0.0911 e. The summed E-state index contributed by atoms with van der Waals surface area (Å²) in [6, 6.07) is 84.5. The first-order valence-corrected chi connectivity index (χ1v) is 25.8. The lowest BCUT2D eigenvalue weighted by molar-refractivity contribution is 0.639. The van der Waals surface area contributed by atoms with Crippen molar-refractivity contribution in [3.05, 3.63) is 247 Å². The van der Waals surface area contributed by atoms with Crippen LogP contribution in [0.5, 0.6) is 0 Å². The van der Waals surface area contributed by atoms with Crippen molar-refractivity contribution in [2.24, 2.45) is 0 Å². The van der Waals surface area contributed by atoms with E-state index in [1.807, 2.05) is 23.5 Å². The van der Waals surface area contributed by atoms with E-state index in [-0.39, 0.29) is 17.5 Å². The van der Waals surface area contributed by atoms with Crippen LogP contribution in [0.4, 0.5) is 0 Å². The van der Waals surface area contributed by atoms with Gasteiger partial charge in [0.1, 0.15) is 0 Å². The maximum Gasteiger partial charge on any atom is 0.247 e. The Morgan fingerprint density at radius 2 is 0.696 bits per heavy atom. The summed E-state index contributed by atoms with van der Waals surface area (Å²) in [5.41, 5.74) is 16.8. The van der Waals surface area contributed by atoms with Gasteiger partial charge in [-0.2, -0.15) is 0 Å². The molecular formula is C66H49BS2. The van der Waals surface area contributed by atoms with Crippen LogP contribution in [0.25, 0.3) is 65.7 Å². The van der Waals surface area contributed by atoms with Crippen LogP contribution in [-0.2, 0) is 10.8 Å². The van der Waals surface area contributed by atoms with Gasteiger partial charge in [0, 0.05) is 30.4 Å². The molecule has 2 heterocycles. The molecule has 3 heteroatoms. The normalized spacial score (nSPS) is 13.1. The van der Waals surface area contributed by atoms with E-state index in [9.17, 15) is 0 Å². The van der Waals surface area contributed by atoms with Crippen LogP contribution < -0.4 is 16.4 Å². The van der Waals surface area contributed by atoms with Crippen molar-refractivity contribution >= 4 is 78.9 Å². The molecule has 0 unspecified atom stereocenters. The zero-order valence-electron chi connectivity index (χ0n) is 39.3. The van der Waals surface area contributed by atoms with Gasteiger partial charge in [0.2, 0.25) is 6.71 Å². The van der Waals surface area contributed by atoms with Crippen molar-refractivity contribution in [3.63, 3.8) is 0 Å². The molecule has 0 radical (unpaired) electrons. The van der Waals surface area contributed by atoms with Crippen molar-refractivity contribution in [1.29, 1.82) is 0 Å². The minimum Gasteiger partial charge on any atom is -0.0911 e. The van der Waals surface area contributed by atoms with Crippen LogP contribution in [0.2, 0.25) is 0 Å². The molecule has 0 saturated carbocycles. The van der Waals surface area contributed by atoms with Crippen molar-refractivity contribution in [2.45, 2.75) is 58.1 Å². The fourth-order valence-electron chi connectivity index (χ4n) is 11.6. The highest BCUT2D eigenvalue weighted by Gasteiger charge is 2.40. The van der Waals surface area contributed by atoms with E-state index in [1.54, 1.807) is 0 Å². The number of benzene rings is 11. The molecule has 0 amide bonds. The number of rotatable bonds is 7. The molecule has 328 valence electrons. The van der Waals surface area contributed by atoms with Crippen LogP contribution >= 0.6 is 23.5 Å². The van der Waals surface area contributed by atoms with Gasteiger partial charge in [-0.25, -0.2) is 0 Å². The van der Waals surface area contributed by atoms with Gasteiger partial charge in [0.25, 0.3) is 0 Å². The molecule has 2 aliphatic heterocycles. The summed E-state index contributed by atoms with van der Waals surface area (Å²) in [4.78, 5) is 5.39. The van der Waals surface area contributed by atoms with Crippen molar-refractivity contribution in [1.82, 2.24) is 0 Å². The van der Waals surface area contributed by atoms with E-state index in [0.29, 0.717) is 0 Å². The Morgan fingerprint density at radius 1 is 0.304 bits per heavy atom. The Hall–Kier alpha value is -7.04. The highest BCUT2D eigenvalue weighted by Crippen LogP contribution is 2.49. The lowest BCUT2D eigenvalue weighted by atomic mass is 9.36. The minimum absolute atomic E-state index is 0.127. The standard InChI is InChI=1S/C66H49BS2/c1-65(2,44-22-10-6-11-23-44)46-32-36-56-58(40-46)68-60-38-43(39-61-64(60)67(56)57-37-33-47(41-59(57)69-61)66(3,4)45-24-12-7-13-25-45)62-51-28-16-18-30-53(51)63(54-31-19-17-29-52(54)62)55-35-34-48(42-20-8-5-9-21-42)49-26-14-15-27-50(49)55/h5-41H,1-4H3. The first kappa shape index (κ1) is 42.1. The predicted molar refractivity (Wildman–Crippen MR) is 298 cm³/mol. The zero-order chi connectivity index (χ0) is 46.4. The maximum atomic E-state index is 2.53. The second-order valence-corrected chi connectivity index (χ2v) is 22.1. The molecule has 11 aromatic carbocycles. The van der Waals surface area contributed by atoms with Gasteiger partial charge in [0.15, 0.2) is 0 Å². The second-order valence-electron chi connectivity index (χ2n) is 19.9. The molecule has 0 aromatic heterocycles. The molecule has 0 fully saturated rings. The molecular weight excluding hydrogens is 868 g/mol. The van der Waals surface area contributed by atoms with Gasteiger partial charge >= 0.3 is 0 Å². The Morgan fingerprint density at radius 3 is 1.17 bits per heavy atom. The molecule has 11 aromatic rings. The van der Waals surface area contributed by atoms with Crippen molar-refractivity contribution < 1.29 is 0 Å². The van der Waals surface area contributed by atoms with Gasteiger partial charge in [0.05, 0.1) is 0 Å². The predicted octanol–water partition coefficient (Wildman–Crippen LogP) is 16.2. The summed E-state index contributed by atoms with van der Waals surface area (Å²) in [7, 11) is 0. The Labute approximate surface area is 414 Å². The summed E-state index contributed by atoms with van der Waals surface area (Å²) < 4.78 is 0. The lowest BCUT2D eigenvalue weighted by Crippen LogP contribution is -2.58. The van der Waals surface area contributed by atoms with Gasteiger partial charge < -0.3 is 0 Å². The van der Waals surface area contributed by atoms with Gasteiger partial charge in [-0.3, -0.25) is 0 Å². The van der Waals surface area contributed by atoms with Crippen molar-refractivity contribution in [2.75, 3.05) is 0 Å². The molecule has 0 spiro atoms. The van der Waals surface area contributed by atoms with Crippen LogP contribution in [0.15, 0.2) is 244 Å². The fourth-order valence-corrected chi connectivity index (χ4v) is 14.1. The average molecular weight is 917 g/mol. The minimum atomic E-state index is -0.158. The molecule has 0 bridgehead atoms. The van der Waals surface area contributed by atoms with Crippen LogP contribution in [0.1, 0.15) is 49.9 Å². The molecule has 0 atom stereocenters. The van der Waals surface area contributed by atoms with E-state index < -0.39 is 0 Å². The highest BCUT2D eigenvalue weighted by molar-refractivity contribution is 8.01. The summed E-state index contributed by atoms with van der Waals surface area (Å²) in [5.74, 6) is 0. The first-order chi connectivity index (χ1) is 33.7. The summed E-state index contributed by atoms with van der Waals surface area (Å²) in [5, 5.41) is 7.61.